The molecule has 6 heteroatoms. The van der Waals surface area contributed by atoms with Crippen molar-refractivity contribution in [2.24, 2.45) is 5.41 Å². The first-order valence-electron chi connectivity index (χ1n) is 7.04. The highest BCUT2D eigenvalue weighted by Crippen LogP contribution is 2.51. The fourth-order valence-electron chi connectivity index (χ4n) is 2.64. The number of nitrogens with zero attached hydrogens (tertiary/aromatic N) is 2. The highest BCUT2D eigenvalue weighted by atomic mass is 35.5. The van der Waals surface area contributed by atoms with E-state index in [1.165, 1.54) is 24.6 Å². The second kappa shape index (κ2) is 5.54. The second-order valence-corrected chi connectivity index (χ2v) is 6.97. The number of thioether (sulfide) groups is 1. The van der Waals surface area contributed by atoms with Crippen molar-refractivity contribution in [1.29, 1.82) is 0 Å². The number of imidazole rings is 1. The number of aliphatic carboxylic acids is 1. The molecule has 1 aliphatic rings. The zero-order chi connectivity index (χ0) is 15.0. The third-order valence-corrected chi connectivity index (χ3v) is 5.47. The number of rotatable bonds is 6. The molecule has 0 unspecified atom stereocenters. The minimum atomic E-state index is -0.832. The van der Waals surface area contributed by atoms with Crippen LogP contribution in [-0.4, -0.2) is 26.4 Å². The summed E-state index contributed by atoms with van der Waals surface area (Å²) < 4.78 is 2.11. The van der Waals surface area contributed by atoms with Crippen LogP contribution in [0.1, 0.15) is 26.2 Å². The molecule has 0 amide bonds. The van der Waals surface area contributed by atoms with Crippen LogP contribution in [0, 0.1) is 5.41 Å². The Morgan fingerprint density at radius 1 is 1.52 bits per heavy atom. The van der Waals surface area contributed by atoms with Gasteiger partial charge in [-0.25, -0.2) is 4.98 Å². The average Bonchev–Trinajstić information content (AvgIpc) is 3.13. The Kier molecular flexibility index (Phi) is 3.88. The number of aromatic nitrogens is 2. The molecule has 4 nitrogen and oxygen atoms in total. The highest BCUT2D eigenvalue weighted by Gasteiger charge is 2.41. The van der Waals surface area contributed by atoms with Crippen molar-refractivity contribution in [3.05, 3.63) is 23.2 Å². The third-order valence-electron chi connectivity index (χ3n) is 4.21. The molecule has 0 saturated heterocycles. The molecule has 3 rings (SSSR count). The summed E-state index contributed by atoms with van der Waals surface area (Å²) in [5, 5.41) is 10.3. The van der Waals surface area contributed by atoms with Crippen LogP contribution < -0.4 is 0 Å². The van der Waals surface area contributed by atoms with Crippen molar-refractivity contribution in [2.45, 2.75) is 37.9 Å². The van der Waals surface area contributed by atoms with Crippen molar-refractivity contribution < 1.29 is 9.90 Å². The Bertz CT molecular complexity index is 694. The fraction of sp³-hybridized carbons (Fsp3) is 0.467. The summed E-state index contributed by atoms with van der Waals surface area (Å²) in [5.74, 6) is -0.818. The topological polar surface area (TPSA) is 55.1 Å². The van der Waals surface area contributed by atoms with Crippen LogP contribution in [0.3, 0.4) is 0 Å². The van der Waals surface area contributed by atoms with Gasteiger partial charge in [0, 0.05) is 6.54 Å². The number of carbonyl (C=O) groups is 1. The normalized spacial score (nSPS) is 16.3. The molecule has 0 aliphatic heterocycles. The van der Waals surface area contributed by atoms with Gasteiger partial charge in [-0.1, -0.05) is 36.4 Å². The largest absolute Gasteiger partial charge is 0.481 e. The Labute approximate surface area is 132 Å². The minimum absolute atomic E-state index is 0.0140. The second-order valence-electron chi connectivity index (χ2n) is 5.62. The van der Waals surface area contributed by atoms with Gasteiger partial charge in [-0.3, -0.25) is 4.79 Å². The third kappa shape index (κ3) is 2.90. The number of hydrogen-bond donors (Lipinski definition) is 1. The first-order chi connectivity index (χ1) is 10.0. The number of fused-ring (bicyclic) bond motifs is 1. The Morgan fingerprint density at radius 3 is 2.90 bits per heavy atom. The Morgan fingerprint density at radius 2 is 2.29 bits per heavy atom. The van der Waals surface area contributed by atoms with E-state index in [9.17, 15) is 4.79 Å². The van der Waals surface area contributed by atoms with E-state index in [0.717, 1.165) is 29.2 Å². The minimum Gasteiger partial charge on any atom is -0.481 e. The molecule has 0 atom stereocenters. The first-order valence-corrected chi connectivity index (χ1v) is 8.40. The molecule has 112 valence electrons. The smallest absolute Gasteiger partial charge is 0.313 e. The first kappa shape index (κ1) is 14.7. The molecule has 1 aromatic carbocycles. The lowest BCUT2D eigenvalue weighted by Gasteiger charge is -2.16. The highest BCUT2D eigenvalue weighted by molar-refractivity contribution is 7.99. The lowest BCUT2D eigenvalue weighted by atomic mass is 10.0. The molecule has 1 N–H and O–H groups in total. The van der Waals surface area contributed by atoms with E-state index in [-0.39, 0.29) is 5.75 Å². The number of para-hydroxylation sites is 1. The summed E-state index contributed by atoms with van der Waals surface area (Å²) in [6, 6.07) is 5.66. The van der Waals surface area contributed by atoms with Crippen molar-refractivity contribution in [1.82, 2.24) is 9.55 Å². The maximum absolute atomic E-state index is 10.8. The van der Waals surface area contributed by atoms with Crippen LogP contribution in [0.25, 0.3) is 11.0 Å². The SMILES string of the molecule is CCC1(Cn2c(SCC(=O)O)nc3cccc(Cl)c32)CC1. The molecule has 2 aromatic rings. The number of benzene rings is 1. The van der Waals surface area contributed by atoms with Crippen molar-refractivity contribution in [3.8, 4) is 0 Å². The van der Waals surface area contributed by atoms with E-state index in [1.54, 1.807) is 0 Å². The monoisotopic (exact) mass is 324 g/mol. The molecule has 1 fully saturated rings. The van der Waals surface area contributed by atoms with Crippen LogP contribution in [0.4, 0.5) is 0 Å². The Balaban J connectivity index is 2.03. The van der Waals surface area contributed by atoms with Gasteiger partial charge >= 0.3 is 5.97 Å². The molecule has 1 heterocycles. The van der Waals surface area contributed by atoms with Gasteiger partial charge in [-0.2, -0.15) is 0 Å². The van der Waals surface area contributed by atoms with E-state index in [0.29, 0.717) is 10.4 Å². The maximum atomic E-state index is 10.8. The molecule has 21 heavy (non-hydrogen) atoms. The summed E-state index contributed by atoms with van der Waals surface area (Å²) in [5.41, 5.74) is 2.10. The van der Waals surface area contributed by atoms with Crippen LogP contribution >= 0.6 is 23.4 Å². The van der Waals surface area contributed by atoms with E-state index in [2.05, 4.69) is 16.5 Å². The van der Waals surface area contributed by atoms with Gasteiger partial charge in [0.2, 0.25) is 0 Å². The van der Waals surface area contributed by atoms with Gasteiger partial charge in [-0.05, 0) is 36.8 Å². The Hall–Kier alpha value is -1.20. The van der Waals surface area contributed by atoms with E-state index in [4.69, 9.17) is 16.7 Å². The lowest BCUT2D eigenvalue weighted by molar-refractivity contribution is -0.133. The van der Waals surface area contributed by atoms with E-state index >= 15 is 0 Å². The molecular formula is C15H17ClN2O2S. The lowest BCUT2D eigenvalue weighted by Crippen LogP contribution is -2.12. The standard InChI is InChI=1S/C15H17ClN2O2S/c1-2-15(6-7-15)9-18-13-10(16)4-3-5-11(13)17-14(18)21-8-12(19)20/h3-5H,2,6-9H2,1H3,(H,19,20). The number of hydrogen-bond acceptors (Lipinski definition) is 3. The van der Waals surface area contributed by atoms with Crippen molar-refractivity contribution in [2.75, 3.05) is 5.75 Å². The molecule has 1 aromatic heterocycles. The maximum Gasteiger partial charge on any atom is 0.313 e. The van der Waals surface area contributed by atoms with Crippen LogP contribution in [0.5, 0.6) is 0 Å². The van der Waals surface area contributed by atoms with Crippen molar-refractivity contribution in [3.63, 3.8) is 0 Å². The van der Waals surface area contributed by atoms with Crippen molar-refractivity contribution >= 4 is 40.4 Å². The summed E-state index contributed by atoms with van der Waals surface area (Å²) in [7, 11) is 0. The summed E-state index contributed by atoms with van der Waals surface area (Å²) in [6.45, 7) is 3.07. The molecule has 0 spiro atoms. The predicted octanol–water partition coefficient (Wildman–Crippen LogP) is 4.06. The zero-order valence-electron chi connectivity index (χ0n) is 11.8. The molecule has 1 aliphatic carbocycles. The van der Waals surface area contributed by atoms with E-state index < -0.39 is 5.97 Å². The van der Waals surface area contributed by atoms with Crippen LogP contribution in [0.2, 0.25) is 5.02 Å². The summed E-state index contributed by atoms with van der Waals surface area (Å²) in [6.07, 6.45) is 3.56. The summed E-state index contributed by atoms with van der Waals surface area (Å²) in [4.78, 5) is 15.4. The zero-order valence-corrected chi connectivity index (χ0v) is 13.4. The van der Waals surface area contributed by atoms with Gasteiger partial charge in [0.1, 0.15) is 0 Å². The van der Waals surface area contributed by atoms with E-state index in [1.807, 2.05) is 18.2 Å². The summed E-state index contributed by atoms with van der Waals surface area (Å²) >= 11 is 7.61. The molecule has 0 bridgehead atoms. The van der Waals surface area contributed by atoms with Gasteiger partial charge in [0.25, 0.3) is 0 Å². The number of halogens is 1. The fourth-order valence-corrected chi connectivity index (χ4v) is 3.64. The number of carboxylic acids is 1. The van der Waals surface area contributed by atoms with Crippen LogP contribution in [-0.2, 0) is 11.3 Å². The average molecular weight is 325 g/mol. The van der Waals surface area contributed by atoms with Gasteiger partial charge in [0.05, 0.1) is 21.8 Å². The molecule has 1 saturated carbocycles. The molecule has 0 radical (unpaired) electrons. The quantitative estimate of drug-likeness (QED) is 0.814. The molecular weight excluding hydrogens is 308 g/mol. The van der Waals surface area contributed by atoms with Gasteiger partial charge in [-0.15, -0.1) is 0 Å². The predicted molar refractivity (Wildman–Crippen MR) is 85.1 cm³/mol. The number of carboxylic acid groups (broad SMARTS) is 1. The van der Waals surface area contributed by atoms with Gasteiger partial charge < -0.3 is 9.67 Å². The van der Waals surface area contributed by atoms with Gasteiger partial charge in [0.15, 0.2) is 5.16 Å². The van der Waals surface area contributed by atoms with Crippen LogP contribution in [0.15, 0.2) is 23.4 Å².